The molecule has 0 saturated heterocycles. The zero-order valence-electron chi connectivity index (χ0n) is 9.56. The van der Waals surface area contributed by atoms with Crippen molar-refractivity contribution in [2.75, 3.05) is 5.32 Å². The second-order valence-corrected chi connectivity index (χ2v) is 4.47. The number of alkyl halides is 2. The molecule has 7 heteroatoms. The zero-order valence-corrected chi connectivity index (χ0v) is 10.4. The summed E-state index contributed by atoms with van der Waals surface area (Å²) in [4.78, 5) is 0.490. The van der Waals surface area contributed by atoms with Crippen LogP contribution in [0.2, 0.25) is 0 Å². The maximum Gasteiger partial charge on any atom is 0.288 e. The molecular weight excluding hydrogens is 260 g/mol. The Balaban J connectivity index is 2.04. The molecule has 2 rings (SSSR count). The Bertz CT molecular complexity index is 518. The molecule has 0 aliphatic carbocycles. The fourth-order valence-electron chi connectivity index (χ4n) is 1.39. The Labute approximate surface area is 107 Å². The summed E-state index contributed by atoms with van der Waals surface area (Å²) in [6, 6.07) is 6.86. The Morgan fingerprint density at radius 2 is 2.11 bits per heavy atom. The Morgan fingerprint density at radius 1 is 1.33 bits per heavy atom. The van der Waals surface area contributed by atoms with Crippen LogP contribution in [0.4, 0.5) is 14.5 Å². The number of aryl methyl sites for hydroxylation is 1. The van der Waals surface area contributed by atoms with E-state index < -0.39 is 5.76 Å². The number of anilines is 1. The van der Waals surface area contributed by atoms with Gasteiger partial charge in [-0.2, -0.15) is 8.78 Å². The van der Waals surface area contributed by atoms with Crippen molar-refractivity contribution in [2.24, 2.45) is 0 Å². The van der Waals surface area contributed by atoms with Gasteiger partial charge in [-0.1, -0.05) is 23.9 Å². The second-order valence-electron chi connectivity index (χ2n) is 3.44. The molecule has 96 valence electrons. The average Bonchev–Trinajstić information content (AvgIpc) is 2.73. The summed E-state index contributed by atoms with van der Waals surface area (Å²) >= 11 is 0.503. The quantitative estimate of drug-likeness (QED) is 0.845. The van der Waals surface area contributed by atoms with Gasteiger partial charge in [0.2, 0.25) is 11.8 Å². The number of aromatic nitrogens is 2. The van der Waals surface area contributed by atoms with Gasteiger partial charge in [0.05, 0.1) is 6.54 Å². The summed E-state index contributed by atoms with van der Waals surface area (Å²) < 4.78 is 29.9. The van der Waals surface area contributed by atoms with Crippen LogP contribution in [0.25, 0.3) is 0 Å². The Kier molecular flexibility index (Phi) is 4.14. The monoisotopic (exact) mass is 271 g/mol. The van der Waals surface area contributed by atoms with Crippen LogP contribution in [0.15, 0.2) is 33.6 Å². The van der Waals surface area contributed by atoms with Crippen LogP contribution in [0.1, 0.15) is 11.8 Å². The molecule has 0 spiro atoms. The third-order valence-corrected chi connectivity index (χ3v) is 2.89. The fraction of sp³-hybridized carbons (Fsp3) is 0.273. The summed E-state index contributed by atoms with van der Waals surface area (Å²) in [5.41, 5.74) is 0.624. The number of hydrogen-bond acceptors (Lipinski definition) is 5. The van der Waals surface area contributed by atoms with Gasteiger partial charge in [0.1, 0.15) is 0 Å². The molecule has 1 N–H and O–H groups in total. The molecule has 4 nitrogen and oxygen atoms in total. The first-order valence-corrected chi connectivity index (χ1v) is 6.10. The van der Waals surface area contributed by atoms with Crippen LogP contribution in [-0.2, 0) is 6.54 Å². The summed E-state index contributed by atoms with van der Waals surface area (Å²) in [6.45, 7) is 2.00. The van der Waals surface area contributed by atoms with Gasteiger partial charge >= 0.3 is 0 Å². The first-order chi connectivity index (χ1) is 8.65. The topological polar surface area (TPSA) is 51.0 Å². The number of halogens is 2. The van der Waals surface area contributed by atoms with Crippen molar-refractivity contribution in [3.8, 4) is 0 Å². The van der Waals surface area contributed by atoms with Gasteiger partial charge in [0, 0.05) is 17.5 Å². The van der Waals surface area contributed by atoms with Crippen molar-refractivity contribution in [3.05, 3.63) is 36.0 Å². The van der Waals surface area contributed by atoms with Crippen LogP contribution >= 0.6 is 11.8 Å². The summed E-state index contributed by atoms with van der Waals surface area (Å²) in [5, 5.41) is 10.5. The summed E-state index contributed by atoms with van der Waals surface area (Å²) in [5.74, 6) is -1.55. The minimum atomic E-state index is -2.45. The van der Waals surface area contributed by atoms with Crippen molar-refractivity contribution in [1.29, 1.82) is 0 Å². The van der Waals surface area contributed by atoms with Gasteiger partial charge in [-0.15, -0.1) is 10.2 Å². The van der Waals surface area contributed by atoms with Crippen molar-refractivity contribution in [1.82, 2.24) is 10.2 Å². The van der Waals surface area contributed by atoms with E-state index in [2.05, 4.69) is 15.5 Å². The number of thioether (sulfide) groups is 1. The van der Waals surface area contributed by atoms with E-state index in [0.717, 1.165) is 0 Å². The largest absolute Gasteiger partial charge is 0.424 e. The van der Waals surface area contributed by atoms with Crippen molar-refractivity contribution >= 4 is 17.4 Å². The SMILES string of the molecule is Cc1nnc(CNc2ccccc2SC(F)F)o1. The second kappa shape index (κ2) is 5.81. The highest BCUT2D eigenvalue weighted by atomic mass is 32.2. The van der Waals surface area contributed by atoms with Crippen LogP contribution in [0.3, 0.4) is 0 Å². The smallest absolute Gasteiger partial charge is 0.288 e. The van der Waals surface area contributed by atoms with Gasteiger partial charge in [0.25, 0.3) is 5.76 Å². The van der Waals surface area contributed by atoms with E-state index in [9.17, 15) is 8.78 Å². The van der Waals surface area contributed by atoms with E-state index in [0.29, 0.717) is 40.7 Å². The molecule has 0 unspecified atom stereocenters. The predicted octanol–water partition coefficient (Wildman–Crippen LogP) is 3.30. The van der Waals surface area contributed by atoms with Gasteiger partial charge in [-0.25, -0.2) is 0 Å². The number of nitrogens with one attached hydrogen (secondary N) is 1. The molecule has 2 aromatic rings. The standard InChI is InChI=1S/C11H11F2N3OS/c1-7-15-16-10(17-7)6-14-8-4-2-3-5-9(8)18-11(12)13/h2-5,11,14H,6H2,1H3. The maximum absolute atomic E-state index is 12.4. The van der Waals surface area contributed by atoms with E-state index in [-0.39, 0.29) is 0 Å². The number of nitrogens with zero attached hydrogens (tertiary/aromatic N) is 2. The number of benzene rings is 1. The number of rotatable bonds is 5. The van der Waals surface area contributed by atoms with Gasteiger partial charge < -0.3 is 9.73 Å². The first kappa shape index (κ1) is 12.8. The molecular formula is C11H11F2N3OS. The highest BCUT2D eigenvalue weighted by Crippen LogP contribution is 2.31. The molecule has 0 aliphatic heterocycles. The predicted molar refractivity (Wildman–Crippen MR) is 64.7 cm³/mol. The van der Waals surface area contributed by atoms with Crippen LogP contribution < -0.4 is 5.32 Å². The number of para-hydroxylation sites is 1. The maximum atomic E-state index is 12.4. The Morgan fingerprint density at radius 3 is 2.78 bits per heavy atom. The lowest BCUT2D eigenvalue weighted by molar-refractivity contribution is 0.252. The molecule has 1 heterocycles. The average molecular weight is 271 g/mol. The van der Waals surface area contributed by atoms with Crippen LogP contribution in [-0.4, -0.2) is 16.0 Å². The van der Waals surface area contributed by atoms with Crippen molar-refractivity contribution in [3.63, 3.8) is 0 Å². The third kappa shape index (κ3) is 3.43. The van der Waals surface area contributed by atoms with E-state index in [4.69, 9.17) is 4.42 Å². The lowest BCUT2D eigenvalue weighted by atomic mass is 10.3. The summed E-state index contributed by atoms with van der Waals surface area (Å²) in [6.07, 6.45) is 0. The van der Waals surface area contributed by atoms with Crippen LogP contribution in [0, 0.1) is 6.92 Å². The third-order valence-electron chi connectivity index (χ3n) is 2.10. The van der Waals surface area contributed by atoms with E-state index >= 15 is 0 Å². The van der Waals surface area contributed by atoms with Crippen LogP contribution in [0.5, 0.6) is 0 Å². The zero-order chi connectivity index (χ0) is 13.0. The van der Waals surface area contributed by atoms with Gasteiger partial charge in [-0.05, 0) is 12.1 Å². The molecule has 0 aliphatic rings. The van der Waals surface area contributed by atoms with E-state index in [1.54, 1.807) is 31.2 Å². The molecule has 0 atom stereocenters. The highest BCUT2D eigenvalue weighted by molar-refractivity contribution is 7.99. The molecule has 1 aromatic carbocycles. The number of hydrogen-bond donors (Lipinski definition) is 1. The molecule has 0 saturated carbocycles. The van der Waals surface area contributed by atoms with Crippen molar-refractivity contribution in [2.45, 2.75) is 24.1 Å². The minimum absolute atomic E-state index is 0.307. The molecule has 18 heavy (non-hydrogen) atoms. The lowest BCUT2D eigenvalue weighted by Crippen LogP contribution is -2.01. The molecule has 0 radical (unpaired) electrons. The summed E-state index contributed by atoms with van der Waals surface area (Å²) in [7, 11) is 0. The minimum Gasteiger partial charge on any atom is -0.424 e. The van der Waals surface area contributed by atoms with E-state index in [1.807, 2.05) is 0 Å². The highest BCUT2D eigenvalue weighted by Gasteiger charge is 2.10. The molecule has 0 amide bonds. The van der Waals surface area contributed by atoms with Gasteiger partial charge in [0.15, 0.2) is 0 Å². The molecule has 1 aromatic heterocycles. The molecule has 0 bridgehead atoms. The lowest BCUT2D eigenvalue weighted by Gasteiger charge is -2.09. The molecule has 0 fully saturated rings. The van der Waals surface area contributed by atoms with Gasteiger partial charge in [-0.3, -0.25) is 0 Å². The first-order valence-electron chi connectivity index (χ1n) is 5.22. The van der Waals surface area contributed by atoms with E-state index in [1.165, 1.54) is 0 Å². The fourth-order valence-corrected chi connectivity index (χ4v) is 2.01. The Hall–Kier alpha value is -1.63. The van der Waals surface area contributed by atoms with Crippen molar-refractivity contribution < 1.29 is 13.2 Å². The normalized spacial score (nSPS) is 10.9.